The number of nitriles is 2. The van der Waals surface area contributed by atoms with Gasteiger partial charge < -0.3 is 4.98 Å². The highest BCUT2D eigenvalue weighted by Gasteiger charge is 2.30. The number of fused-ring (bicyclic) bond motifs is 1. The highest BCUT2D eigenvalue weighted by molar-refractivity contribution is 5.92. The molecule has 0 spiro atoms. The quantitative estimate of drug-likeness (QED) is 0.489. The Bertz CT molecular complexity index is 1180. The lowest BCUT2D eigenvalue weighted by molar-refractivity contribution is 0.715. The van der Waals surface area contributed by atoms with E-state index in [-0.39, 0.29) is 5.92 Å². The van der Waals surface area contributed by atoms with Gasteiger partial charge in [0.1, 0.15) is 5.92 Å². The Hall–Kier alpha value is -3.82. The summed E-state index contributed by atoms with van der Waals surface area (Å²) in [6, 6.07) is 30.6. The summed E-state index contributed by atoms with van der Waals surface area (Å²) in [6.07, 6.45) is 0. The maximum absolute atomic E-state index is 9.75. The summed E-state index contributed by atoms with van der Waals surface area (Å²) in [6.45, 7) is 2.06. The van der Waals surface area contributed by atoms with Gasteiger partial charge in [-0.15, -0.1) is 0 Å². The van der Waals surface area contributed by atoms with Crippen molar-refractivity contribution >= 4 is 10.9 Å². The highest BCUT2D eigenvalue weighted by atomic mass is 14.7. The van der Waals surface area contributed by atoms with Crippen LogP contribution in [0.3, 0.4) is 0 Å². The second kappa shape index (κ2) is 7.43. The molecule has 0 radical (unpaired) electrons. The normalized spacial score (nSPS) is 11.9. The van der Waals surface area contributed by atoms with E-state index in [2.05, 4.69) is 54.4 Å². The Morgan fingerprint density at radius 3 is 2.11 bits per heavy atom. The SMILES string of the molecule is Cc1ccc2c([C@H](c3ccccc3)C(C#N)C#N)c(-c3ccccc3)[nH]c2c1. The lowest BCUT2D eigenvalue weighted by Gasteiger charge is -2.20. The standard InChI is InChI=1S/C25H19N3/c1-17-12-13-21-22(14-17)28-25(19-10-6-3-7-11-19)24(21)23(20(15-26)16-27)18-8-4-2-5-9-18/h2-14,20,23,28H,1H3/t23-/m1/s1. The van der Waals surface area contributed by atoms with E-state index in [0.717, 1.165) is 38.9 Å². The number of hydrogen-bond donors (Lipinski definition) is 1. The van der Waals surface area contributed by atoms with Crippen LogP contribution in [0.15, 0.2) is 78.9 Å². The molecule has 3 nitrogen and oxygen atoms in total. The van der Waals surface area contributed by atoms with Crippen molar-refractivity contribution in [1.29, 1.82) is 10.5 Å². The minimum atomic E-state index is -0.787. The Kier molecular flexibility index (Phi) is 4.67. The highest BCUT2D eigenvalue weighted by Crippen LogP contribution is 2.42. The number of nitrogens with zero attached hydrogens (tertiary/aromatic N) is 2. The van der Waals surface area contributed by atoms with E-state index in [1.807, 2.05) is 48.5 Å². The molecule has 1 aromatic heterocycles. The van der Waals surface area contributed by atoms with E-state index in [1.165, 1.54) is 0 Å². The van der Waals surface area contributed by atoms with E-state index in [1.54, 1.807) is 0 Å². The third-order valence-electron chi connectivity index (χ3n) is 5.14. The number of H-pyrrole nitrogens is 1. The fourth-order valence-corrected chi connectivity index (χ4v) is 3.85. The van der Waals surface area contributed by atoms with Crippen LogP contribution >= 0.6 is 0 Å². The Morgan fingerprint density at radius 2 is 1.46 bits per heavy atom. The van der Waals surface area contributed by atoms with Crippen molar-refractivity contribution in [1.82, 2.24) is 4.98 Å². The molecule has 1 atom stereocenters. The fourth-order valence-electron chi connectivity index (χ4n) is 3.85. The second-order valence-corrected chi connectivity index (χ2v) is 6.95. The summed E-state index contributed by atoms with van der Waals surface area (Å²) in [5.74, 6) is -1.13. The van der Waals surface area contributed by atoms with Crippen molar-refractivity contribution in [2.75, 3.05) is 0 Å². The molecule has 0 aliphatic rings. The Morgan fingerprint density at radius 1 is 0.821 bits per heavy atom. The number of aromatic nitrogens is 1. The van der Waals surface area contributed by atoms with Gasteiger partial charge in [-0.3, -0.25) is 0 Å². The summed E-state index contributed by atoms with van der Waals surface area (Å²) in [5, 5.41) is 20.6. The molecule has 0 amide bonds. The largest absolute Gasteiger partial charge is 0.354 e. The number of hydrogen-bond acceptors (Lipinski definition) is 2. The summed E-state index contributed by atoms with van der Waals surface area (Å²) in [7, 11) is 0. The molecule has 3 heteroatoms. The topological polar surface area (TPSA) is 63.4 Å². The Balaban J connectivity index is 2.07. The molecular weight excluding hydrogens is 342 g/mol. The molecule has 28 heavy (non-hydrogen) atoms. The molecule has 134 valence electrons. The maximum Gasteiger partial charge on any atom is 0.144 e. The molecule has 4 rings (SSSR count). The zero-order valence-electron chi connectivity index (χ0n) is 15.6. The van der Waals surface area contributed by atoms with Crippen LogP contribution in [0.2, 0.25) is 0 Å². The Labute approximate surface area is 164 Å². The fraction of sp³-hybridized carbons (Fsp3) is 0.120. The van der Waals surface area contributed by atoms with Gasteiger partial charge in [-0.1, -0.05) is 72.8 Å². The first-order valence-electron chi connectivity index (χ1n) is 9.24. The van der Waals surface area contributed by atoms with Gasteiger partial charge in [0.2, 0.25) is 0 Å². The molecule has 0 aliphatic carbocycles. The summed E-state index contributed by atoms with van der Waals surface area (Å²) >= 11 is 0. The van der Waals surface area contributed by atoms with Gasteiger partial charge >= 0.3 is 0 Å². The van der Waals surface area contributed by atoms with Gasteiger partial charge in [-0.05, 0) is 35.2 Å². The third kappa shape index (κ3) is 3.04. The first kappa shape index (κ1) is 17.6. The summed E-state index contributed by atoms with van der Waals surface area (Å²) in [5.41, 5.74) is 6.15. The van der Waals surface area contributed by atoms with Crippen molar-refractivity contribution in [3.8, 4) is 23.4 Å². The predicted molar refractivity (Wildman–Crippen MR) is 111 cm³/mol. The first-order valence-corrected chi connectivity index (χ1v) is 9.24. The second-order valence-electron chi connectivity index (χ2n) is 6.95. The van der Waals surface area contributed by atoms with Gasteiger partial charge in [-0.2, -0.15) is 10.5 Å². The van der Waals surface area contributed by atoms with E-state index in [9.17, 15) is 10.5 Å². The van der Waals surface area contributed by atoms with Crippen LogP contribution in [0.4, 0.5) is 0 Å². The minimum Gasteiger partial charge on any atom is -0.354 e. The van der Waals surface area contributed by atoms with Crippen molar-refractivity contribution in [3.05, 3.63) is 95.6 Å². The van der Waals surface area contributed by atoms with E-state index >= 15 is 0 Å². The predicted octanol–water partition coefficient (Wildman–Crippen LogP) is 5.94. The average molecular weight is 361 g/mol. The van der Waals surface area contributed by atoms with E-state index < -0.39 is 5.92 Å². The molecule has 0 aliphatic heterocycles. The van der Waals surface area contributed by atoms with E-state index in [4.69, 9.17) is 0 Å². The smallest absolute Gasteiger partial charge is 0.144 e. The zero-order valence-corrected chi connectivity index (χ0v) is 15.6. The molecule has 0 saturated carbocycles. The molecular formula is C25H19N3. The van der Waals surface area contributed by atoms with Crippen molar-refractivity contribution in [3.63, 3.8) is 0 Å². The molecule has 4 aromatic rings. The molecule has 3 aromatic carbocycles. The van der Waals surface area contributed by atoms with Crippen molar-refractivity contribution in [2.45, 2.75) is 12.8 Å². The van der Waals surface area contributed by atoms with Gasteiger partial charge in [0.15, 0.2) is 0 Å². The molecule has 1 N–H and O–H groups in total. The molecule has 0 bridgehead atoms. The number of rotatable bonds is 4. The molecule has 0 unspecified atom stereocenters. The number of nitrogens with one attached hydrogen (secondary N) is 1. The van der Waals surface area contributed by atoms with Crippen LogP contribution < -0.4 is 0 Å². The first-order chi connectivity index (χ1) is 13.7. The number of benzene rings is 3. The van der Waals surface area contributed by atoms with Crippen molar-refractivity contribution < 1.29 is 0 Å². The number of aromatic amines is 1. The summed E-state index contributed by atoms with van der Waals surface area (Å²) in [4.78, 5) is 3.56. The molecule has 1 heterocycles. The average Bonchev–Trinajstić information content (AvgIpc) is 3.11. The minimum absolute atomic E-state index is 0.345. The summed E-state index contributed by atoms with van der Waals surface area (Å²) < 4.78 is 0. The van der Waals surface area contributed by atoms with Gasteiger partial charge in [0.05, 0.1) is 17.8 Å². The zero-order chi connectivity index (χ0) is 19.5. The van der Waals surface area contributed by atoms with Gasteiger partial charge in [0.25, 0.3) is 0 Å². The number of aryl methyl sites for hydroxylation is 1. The monoisotopic (exact) mass is 361 g/mol. The molecule has 0 fully saturated rings. The van der Waals surface area contributed by atoms with Gasteiger partial charge in [0, 0.05) is 16.8 Å². The van der Waals surface area contributed by atoms with Crippen LogP contribution in [0.5, 0.6) is 0 Å². The van der Waals surface area contributed by atoms with E-state index in [0.29, 0.717) is 0 Å². The third-order valence-corrected chi connectivity index (χ3v) is 5.14. The lowest BCUT2D eigenvalue weighted by atomic mass is 9.79. The van der Waals surface area contributed by atoms with Crippen molar-refractivity contribution in [2.24, 2.45) is 5.92 Å². The van der Waals surface area contributed by atoms with Crippen LogP contribution in [0.1, 0.15) is 22.6 Å². The van der Waals surface area contributed by atoms with Crippen LogP contribution in [0, 0.1) is 35.5 Å². The van der Waals surface area contributed by atoms with Crippen LogP contribution in [-0.4, -0.2) is 4.98 Å². The van der Waals surface area contributed by atoms with Crippen LogP contribution in [-0.2, 0) is 0 Å². The lowest BCUT2D eigenvalue weighted by Crippen LogP contribution is -2.12. The molecule has 0 saturated heterocycles. The maximum atomic E-state index is 9.75. The van der Waals surface area contributed by atoms with Gasteiger partial charge in [-0.25, -0.2) is 0 Å². The van der Waals surface area contributed by atoms with Crippen LogP contribution in [0.25, 0.3) is 22.2 Å².